The zero-order valence-electron chi connectivity index (χ0n) is 18.1. The minimum atomic E-state index is -0.200. The maximum absolute atomic E-state index is 12.4. The monoisotopic (exact) mass is 421 g/mol. The smallest absolute Gasteiger partial charge is 0.251 e. The van der Waals surface area contributed by atoms with E-state index in [1.54, 1.807) is 19.3 Å². The Morgan fingerprint density at radius 2 is 2.00 bits per heavy atom. The van der Waals surface area contributed by atoms with Crippen LogP contribution in [0, 0.1) is 19.8 Å². The number of aromatic nitrogens is 4. The van der Waals surface area contributed by atoms with Crippen molar-refractivity contribution in [2.45, 2.75) is 45.4 Å². The fourth-order valence-electron chi connectivity index (χ4n) is 4.15. The number of aryl methyl sites for hydroxylation is 3. The van der Waals surface area contributed by atoms with Gasteiger partial charge in [-0.3, -0.25) is 9.59 Å². The summed E-state index contributed by atoms with van der Waals surface area (Å²) in [6.07, 6.45) is 7.42. The quantitative estimate of drug-likeness (QED) is 0.679. The van der Waals surface area contributed by atoms with Crippen molar-refractivity contribution in [1.29, 1.82) is 0 Å². The number of hydrogen-bond acceptors (Lipinski definition) is 6. The Morgan fingerprint density at radius 3 is 2.68 bits per heavy atom. The predicted molar refractivity (Wildman–Crippen MR) is 116 cm³/mol. The summed E-state index contributed by atoms with van der Waals surface area (Å²) in [5.74, 6) is 1.99. The highest BCUT2D eigenvalue weighted by Gasteiger charge is 2.27. The van der Waals surface area contributed by atoms with Gasteiger partial charge in [0.05, 0.1) is 17.0 Å². The number of carbonyl (C=O) groups is 1. The third kappa shape index (κ3) is 4.73. The molecule has 1 fully saturated rings. The fraction of sp³-hybridized carbons (Fsp3) is 0.435. The third-order valence-electron chi connectivity index (χ3n) is 5.98. The van der Waals surface area contributed by atoms with Crippen LogP contribution < -0.4 is 10.9 Å². The van der Waals surface area contributed by atoms with E-state index in [1.807, 2.05) is 26.1 Å². The minimum absolute atomic E-state index is 0.189. The van der Waals surface area contributed by atoms with Gasteiger partial charge in [-0.15, -0.1) is 0 Å². The molecule has 0 unspecified atom stereocenters. The second-order valence-electron chi connectivity index (χ2n) is 8.34. The van der Waals surface area contributed by atoms with E-state index in [2.05, 4.69) is 15.5 Å². The van der Waals surface area contributed by atoms with Crippen LogP contribution >= 0.6 is 0 Å². The van der Waals surface area contributed by atoms with Gasteiger partial charge in [0.2, 0.25) is 0 Å². The molecule has 1 saturated carbocycles. The molecule has 1 amide bonds. The van der Waals surface area contributed by atoms with Crippen molar-refractivity contribution in [2.75, 3.05) is 6.54 Å². The zero-order valence-corrected chi connectivity index (χ0v) is 18.1. The Labute approximate surface area is 180 Å². The van der Waals surface area contributed by atoms with Crippen molar-refractivity contribution >= 4 is 5.91 Å². The average Bonchev–Trinajstić information content (AvgIpc) is 3.20. The van der Waals surface area contributed by atoms with Gasteiger partial charge in [-0.1, -0.05) is 5.16 Å². The number of nitrogens with zero attached hydrogens (tertiary/aromatic N) is 4. The van der Waals surface area contributed by atoms with Crippen molar-refractivity contribution in [3.05, 3.63) is 63.7 Å². The van der Waals surface area contributed by atoms with Crippen LogP contribution in [0.2, 0.25) is 0 Å². The van der Waals surface area contributed by atoms with Crippen LogP contribution in [0.15, 0.2) is 39.9 Å². The first kappa shape index (κ1) is 21.0. The number of pyridine rings is 1. The lowest BCUT2D eigenvalue weighted by Crippen LogP contribution is -2.32. The van der Waals surface area contributed by atoms with Crippen molar-refractivity contribution in [3.8, 4) is 11.3 Å². The third-order valence-corrected chi connectivity index (χ3v) is 5.98. The van der Waals surface area contributed by atoms with E-state index in [-0.39, 0.29) is 11.5 Å². The largest absolute Gasteiger partial charge is 0.356 e. The lowest BCUT2D eigenvalue weighted by atomic mass is 9.79. The van der Waals surface area contributed by atoms with Crippen LogP contribution in [0.5, 0.6) is 0 Å². The molecule has 3 aromatic heterocycles. The van der Waals surface area contributed by atoms with Crippen LogP contribution in [0.1, 0.15) is 59.2 Å². The highest BCUT2D eigenvalue weighted by Crippen LogP contribution is 2.38. The normalized spacial score (nSPS) is 18.7. The number of carbonyl (C=O) groups excluding carboxylic acids is 1. The van der Waals surface area contributed by atoms with Gasteiger partial charge in [-0.25, -0.2) is 9.97 Å². The van der Waals surface area contributed by atoms with Crippen molar-refractivity contribution < 1.29 is 9.32 Å². The fourth-order valence-corrected chi connectivity index (χ4v) is 4.15. The number of amides is 1. The van der Waals surface area contributed by atoms with Crippen molar-refractivity contribution in [3.63, 3.8) is 0 Å². The molecule has 31 heavy (non-hydrogen) atoms. The Balaban J connectivity index is 1.38. The van der Waals surface area contributed by atoms with Crippen LogP contribution in [0.3, 0.4) is 0 Å². The molecule has 1 N–H and O–H groups in total. The predicted octanol–water partition coefficient (Wildman–Crippen LogP) is 3.15. The number of rotatable bonds is 5. The molecule has 4 rings (SSSR count). The highest BCUT2D eigenvalue weighted by atomic mass is 16.5. The second-order valence-corrected chi connectivity index (χ2v) is 8.34. The first-order valence-corrected chi connectivity index (χ1v) is 10.6. The Kier molecular flexibility index (Phi) is 5.97. The van der Waals surface area contributed by atoms with E-state index in [1.165, 1.54) is 10.6 Å². The summed E-state index contributed by atoms with van der Waals surface area (Å²) in [6, 6.07) is 4.95. The highest BCUT2D eigenvalue weighted by molar-refractivity contribution is 5.93. The lowest BCUT2D eigenvalue weighted by Gasteiger charge is -2.29. The first-order valence-electron chi connectivity index (χ1n) is 10.6. The number of nitrogens with one attached hydrogen (secondary N) is 1. The molecule has 3 heterocycles. The molecule has 0 spiro atoms. The molecule has 0 saturated heterocycles. The van der Waals surface area contributed by atoms with Crippen LogP contribution in [0.25, 0.3) is 11.3 Å². The van der Waals surface area contributed by atoms with Crippen LogP contribution in [-0.4, -0.2) is 32.1 Å². The lowest BCUT2D eigenvalue weighted by molar-refractivity contribution is 0.0942. The number of hydrogen-bond donors (Lipinski definition) is 1. The second kappa shape index (κ2) is 8.83. The van der Waals surface area contributed by atoms with Gasteiger partial charge in [-0.05, 0) is 51.5 Å². The van der Waals surface area contributed by atoms with Crippen molar-refractivity contribution in [2.24, 2.45) is 13.0 Å². The van der Waals surface area contributed by atoms with Gasteiger partial charge in [0, 0.05) is 49.6 Å². The molecule has 1 aliphatic rings. The van der Waals surface area contributed by atoms with Gasteiger partial charge >= 0.3 is 0 Å². The maximum atomic E-state index is 12.4. The molecule has 0 radical (unpaired) electrons. The molecular formula is C23H27N5O3. The van der Waals surface area contributed by atoms with E-state index in [4.69, 9.17) is 9.51 Å². The molecule has 8 nitrogen and oxygen atoms in total. The summed E-state index contributed by atoms with van der Waals surface area (Å²) >= 11 is 0. The first-order chi connectivity index (χ1) is 14.9. The summed E-state index contributed by atoms with van der Waals surface area (Å²) in [4.78, 5) is 33.2. The Morgan fingerprint density at radius 1 is 1.23 bits per heavy atom. The van der Waals surface area contributed by atoms with Gasteiger partial charge in [0.25, 0.3) is 11.5 Å². The average molecular weight is 422 g/mol. The van der Waals surface area contributed by atoms with Crippen LogP contribution in [0.4, 0.5) is 0 Å². The minimum Gasteiger partial charge on any atom is -0.356 e. The van der Waals surface area contributed by atoms with Crippen molar-refractivity contribution in [1.82, 2.24) is 25.0 Å². The Hall–Kier alpha value is -3.29. The van der Waals surface area contributed by atoms with Gasteiger partial charge in [-0.2, -0.15) is 0 Å². The molecule has 3 aromatic rings. The Bertz CT molecular complexity index is 1140. The topological polar surface area (TPSA) is 103 Å². The SMILES string of the molecule is Cc1cc(-c2cnc(C)nc2C2CCC(CNC(=O)c3ccn(C)c(=O)c3)CC2)on1. The van der Waals surface area contributed by atoms with Crippen LogP contribution in [-0.2, 0) is 7.05 Å². The summed E-state index contributed by atoms with van der Waals surface area (Å²) in [6.45, 7) is 4.41. The van der Waals surface area contributed by atoms with E-state index in [0.29, 0.717) is 29.7 Å². The summed E-state index contributed by atoms with van der Waals surface area (Å²) in [5.41, 5.74) is 2.98. The van der Waals surface area contributed by atoms with E-state index in [9.17, 15) is 9.59 Å². The summed E-state index contributed by atoms with van der Waals surface area (Å²) in [5, 5.41) is 6.98. The van der Waals surface area contributed by atoms with Gasteiger partial charge in [0.1, 0.15) is 5.82 Å². The van der Waals surface area contributed by atoms with E-state index < -0.39 is 0 Å². The molecular weight excluding hydrogens is 394 g/mol. The standard InChI is InChI=1S/C23H27N5O3/c1-14-10-20(31-27-14)19-13-24-15(2)26-22(19)17-6-4-16(5-7-17)12-25-23(30)18-8-9-28(3)21(29)11-18/h8-11,13,16-17H,4-7,12H2,1-3H3,(H,25,30). The molecule has 162 valence electrons. The maximum Gasteiger partial charge on any atom is 0.251 e. The molecule has 8 heteroatoms. The molecule has 0 aliphatic heterocycles. The molecule has 0 atom stereocenters. The summed E-state index contributed by atoms with van der Waals surface area (Å²) in [7, 11) is 1.66. The summed E-state index contributed by atoms with van der Waals surface area (Å²) < 4.78 is 6.91. The van der Waals surface area contributed by atoms with Gasteiger partial charge in [0.15, 0.2) is 5.76 Å². The molecule has 1 aliphatic carbocycles. The molecule has 0 aromatic carbocycles. The van der Waals surface area contributed by atoms with Gasteiger partial charge < -0.3 is 14.4 Å². The van der Waals surface area contributed by atoms with E-state index >= 15 is 0 Å². The van der Waals surface area contributed by atoms with E-state index in [0.717, 1.165) is 48.5 Å². The molecule has 0 bridgehead atoms. The zero-order chi connectivity index (χ0) is 22.0.